The second-order valence-electron chi connectivity index (χ2n) is 5.95. The number of phenols is 1. The Hall–Kier alpha value is -2.25. The highest BCUT2D eigenvalue weighted by molar-refractivity contribution is 9.10. The predicted molar refractivity (Wildman–Crippen MR) is 103 cm³/mol. The summed E-state index contributed by atoms with van der Waals surface area (Å²) in [5.41, 5.74) is 2.30. The summed E-state index contributed by atoms with van der Waals surface area (Å²) in [6.45, 7) is 3.14. The third kappa shape index (κ3) is 4.28. The number of nitrogens with one attached hydrogen (secondary N) is 1. The van der Waals surface area contributed by atoms with Gasteiger partial charge in [-0.2, -0.15) is 0 Å². The Morgan fingerprint density at radius 3 is 2.73 bits per heavy atom. The molecule has 2 aromatic carbocycles. The fraction of sp³-hybridized carbons (Fsp3) is 0.316. The van der Waals surface area contributed by atoms with Crippen molar-refractivity contribution in [1.82, 2.24) is 5.32 Å². The van der Waals surface area contributed by atoms with Crippen molar-refractivity contribution in [3.63, 3.8) is 0 Å². The van der Waals surface area contributed by atoms with Gasteiger partial charge in [-0.05, 0) is 35.9 Å². The molecule has 0 bridgehead atoms. The topological polar surface area (TPSA) is 71.0 Å². The van der Waals surface area contributed by atoms with E-state index in [1.54, 1.807) is 12.1 Å². The van der Waals surface area contributed by atoms with Crippen molar-refractivity contribution in [3.8, 4) is 11.5 Å². The molecule has 1 aliphatic heterocycles. The highest BCUT2D eigenvalue weighted by Gasteiger charge is 2.19. The van der Waals surface area contributed by atoms with Gasteiger partial charge < -0.3 is 24.8 Å². The molecule has 0 saturated carbocycles. The third-order valence-corrected chi connectivity index (χ3v) is 4.74. The molecule has 1 aliphatic rings. The van der Waals surface area contributed by atoms with Crippen LogP contribution in [0, 0.1) is 0 Å². The largest absolute Gasteiger partial charge is 0.504 e. The molecular weight excluding hydrogens is 400 g/mol. The maximum Gasteiger partial charge on any atom is 0.253 e. The number of phenolic OH excluding ortho intramolecular Hbond substituents is 1. The van der Waals surface area contributed by atoms with E-state index >= 15 is 0 Å². The number of halogens is 1. The number of methoxy groups -OCH3 is 1. The molecule has 1 amide bonds. The zero-order chi connectivity index (χ0) is 18.5. The average molecular weight is 421 g/mol. The van der Waals surface area contributed by atoms with E-state index in [1.807, 2.05) is 24.3 Å². The molecule has 0 aliphatic carbocycles. The number of carbonyl (C=O) groups is 1. The number of amides is 1. The minimum absolute atomic E-state index is 0.0516. The van der Waals surface area contributed by atoms with Crippen LogP contribution in [0.3, 0.4) is 0 Å². The Balaban J connectivity index is 1.74. The van der Waals surface area contributed by atoms with Crippen molar-refractivity contribution in [2.24, 2.45) is 0 Å². The molecule has 138 valence electrons. The van der Waals surface area contributed by atoms with Crippen molar-refractivity contribution >= 4 is 27.5 Å². The van der Waals surface area contributed by atoms with E-state index < -0.39 is 0 Å². The SMILES string of the molecule is COc1ccc(CNC(=O)c2cc(Br)ccc2N2CCOCC2)cc1O. The molecule has 0 radical (unpaired) electrons. The van der Waals surface area contributed by atoms with Crippen molar-refractivity contribution in [2.75, 3.05) is 38.3 Å². The van der Waals surface area contributed by atoms with Crippen LogP contribution < -0.4 is 15.0 Å². The van der Waals surface area contributed by atoms with Gasteiger partial charge in [0.1, 0.15) is 0 Å². The first-order valence-electron chi connectivity index (χ1n) is 8.35. The van der Waals surface area contributed by atoms with Gasteiger partial charge in [0.25, 0.3) is 5.91 Å². The molecule has 1 fully saturated rings. The van der Waals surface area contributed by atoms with Gasteiger partial charge >= 0.3 is 0 Å². The van der Waals surface area contributed by atoms with E-state index in [1.165, 1.54) is 7.11 Å². The number of anilines is 1. The van der Waals surface area contributed by atoms with Gasteiger partial charge in [0.15, 0.2) is 11.5 Å². The van der Waals surface area contributed by atoms with Crippen molar-refractivity contribution < 1.29 is 19.4 Å². The third-order valence-electron chi connectivity index (χ3n) is 4.25. The summed E-state index contributed by atoms with van der Waals surface area (Å²) in [5.74, 6) is 0.292. The van der Waals surface area contributed by atoms with Crippen LogP contribution in [0.25, 0.3) is 0 Å². The highest BCUT2D eigenvalue weighted by atomic mass is 79.9. The second kappa shape index (κ2) is 8.42. The Labute approximate surface area is 160 Å². The van der Waals surface area contributed by atoms with Crippen LogP contribution in [0.4, 0.5) is 5.69 Å². The number of hydrogen-bond acceptors (Lipinski definition) is 5. The monoisotopic (exact) mass is 420 g/mol. The summed E-state index contributed by atoms with van der Waals surface area (Å²) < 4.78 is 11.3. The lowest BCUT2D eigenvalue weighted by Crippen LogP contribution is -2.37. The minimum atomic E-state index is -0.164. The Bertz CT molecular complexity index is 791. The lowest BCUT2D eigenvalue weighted by atomic mass is 10.1. The van der Waals surface area contributed by atoms with Crippen LogP contribution in [0.15, 0.2) is 40.9 Å². The summed E-state index contributed by atoms with van der Waals surface area (Å²) >= 11 is 3.44. The van der Waals surface area contributed by atoms with E-state index in [4.69, 9.17) is 9.47 Å². The fourth-order valence-corrected chi connectivity index (χ4v) is 3.25. The summed E-state index contributed by atoms with van der Waals surface area (Å²) in [6.07, 6.45) is 0. The van der Waals surface area contributed by atoms with Gasteiger partial charge in [-0.1, -0.05) is 22.0 Å². The molecule has 0 aromatic heterocycles. The molecule has 6 nitrogen and oxygen atoms in total. The lowest BCUT2D eigenvalue weighted by molar-refractivity contribution is 0.0949. The van der Waals surface area contributed by atoms with Gasteiger partial charge in [0.2, 0.25) is 0 Å². The number of ether oxygens (including phenoxy) is 2. The smallest absolute Gasteiger partial charge is 0.253 e. The van der Waals surface area contributed by atoms with Crippen LogP contribution in [0.2, 0.25) is 0 Å². The van der Waals surface area contributed by atoms with Crippen molar-refractivity contribution in [2.45, 2.75) is 6.54 Å². The van der Waals surface area contributed by atoms with Crippen LogP contribution in [0.1, 0.15) is 15.9 Å². The number of nitrogens with zero attached hydrogens (tertiary/aromatic N) is 1. The van der Waals surface area contributed by atoms with Crippen molar-refractivity contribution in [1.29, 1.82) is 0 Å². The van der Waals surface area contributed by atoms with E-state index in [-0.39, 0.29) is 11.7 Å². The normalized spacial score (nSPS) is 14.2. The summed E-state index contributed by atoms with van der Waals surface area (Å²) in [4.78, 5) is 14.9. The molecule has 2 aromatic rings. The second-order valence-corrected chi connectivity index (χ2v) is 6.87. The quantitative estimate of drug-likeness (QED) is 0.777. The Morgan fingerprint density at radius 1 is 1.27 bits per heavy atom. The molecule has 2 N–H and O–H groups in total. The molecule has 1 saturated heterocycles. The minimum Gasteiger partial charge on any atom is -0.504 e. The molecule has 1 heterocycles. The molecule has 7 heteroatoms. The molecule has 0 unspecified atom stereocenters. The summed E-state index contributed by atoms with van der Waals surface area (Å²) in [6, 6.07) is 10.8. The van der Waals surface area contributed by atoms with Gasteiger partial charge in [0, 0.05) is 29.8 Å². The van der Waals surface area contributed by atoms with Crippen LogP contribution in [0.5, 0.6) is 11.5 Å². The molecular formula is C19H21BrN2O4. The van der Waals surface area contributed by atoms with E-state index in [2.05, 4.69) is 26.1 Å². The van der Waals surface area contributed by atoms with E-state index in [9.17, 15) is 9.90 Å². The number of hydrogen-bond donors (Lipinski definition) is 2. The van der Waals surface area contributed by atoms with E-state index in [0.29, 0.717) is 31.1 Å². The molecule has 0 atom stereocenters. The molecule has 3 rings (SSSR count). The summed E-state index contributed by atoms with van der Waals surface area (Å²) in [7, 11) is 1.50. The lowest BCUT2D eigenvalue weighted by Gasteiger charge is -2.30. The first-order chi connectivity index (χ1) is 12.6. The number of carbonyl (C=O) groups excluding carboxylic acids is 1. The summed E-state index contributed by atoms with van der Waals surface area (Å²) in [5, 5.41) is 12.8. The standard InChI is InChI=1S/C19H21BrN2O4/c1-25-18-5-2-13(10-17(18)23)12-21-19(24)15-11-14(20)3-4-16(15)22-6-8-26-9-7-22/h2-5,10-11,23H,6-9,12H2,1H3,(H,21,24). The molecule has 26 heavy (non-hydrogen) atoms. The number of rotatable bonds is 5. The number of benzene rings is 2. The van der Waals surface area contributed by atoms with Gasteiger partial charge in [0.05, 0.1) is 25.9 Å². The van der Waals surface area contributed by atoms with Crippen LogP contribution in [-0.2, 0) is 11.3 Å². The van der Waals surface area contributed by atoms with Crippen LogP contribution in [-0.4, -0.2) is 44.4 Å². The Kier molecular flexibility index (Phi) is 6.00. The first-order valence-corrected chi connectivity index (χ1v) is 9.14. The van der Waals surface area contributed by atoms with Gasteiger partial charge in [-0.3, -0.25) is 4.79 Å². The van der Waals surface area contributed by atoms with Gasteiger partial charge in [-0.25, -0.2) is 0 Å². The fourth-order valence-electron chi connectivity index (χ4n) is 2.89. The van der Waals surface area contributed by atoms with E-state index in [0.717, 1.165) is 28.8 Å². The number of aromatic hydroxyl groups is 1. The first kappa shape index (κ1) is 18.5. The number of morpholine rings is 1. The molecule has 0 spiro atoms. The van der Waals surface area contributed by atoms with Crippen LogP contribution >= 0.6 is 15.9 Å². The Morgan fingerprint density at radius 2 is 2.04 bits per heavy atom. The maximum absolute atomic E-state index is 12.8. The zero-order valence-corrected chi connectivity index (χ0v) is 16.1. The predicted octanol–water partition coefficient (Wildman–Crippen LogP) is 2.93. The zero-order valence-electron chi connectivity index (χ0n) is 14.5. The van der Waals surface area contributed by atoms with Crippen molar-refractivity contribution in [3.05, 3.63) is 52.0 Å². The highest BCUT2D eigenvalue weighted by Crippen LogP contribution is 2.27. The average Bonchev–Trinajstić information content (AvgIpc) is 2.67. The van der Waals surface area contributed by atoms with Gasteiger partial charge in [-0.15, -0.1) is 0 Å². The maximum atomic E-state index is 12.8.